The van der Waals surface area contributed by atoms with E-state index < -0.39 is 0 Å². The van der Waals surface area contributed by atoms with Crippen molar-refractivity contribution in [3.63, 3.8) is 0 Å². The molecule has 0 aliphatic rings. The molecule has 0 heterocycles. The highest BCUT2D eigenvalue weighted by Gasteiger charge is 1.88. The summed E-state index contributed by atoms with van der Waals surface area (Å²) in [5.74, 6) is 0. The van der Waals surface area contributed by atoms with Gasteiger partial charge < -0.3 is 11.1 Å². The van der Waals surface area contributed by atoms with Gasteiger partial charge in [0, 0.05) is 24.9 Å². The number of hydrogen-bond donors (Lipinski definition) is 2. The van der Waals surface area contributed by atoms with Crippen LogP contribution in [0.2, 0.25) is 0 Å². The van der Waals surface area contributed by atoms with Gasteiger partial charge in [-0.1, -0.05) is 6.92 Å². The third-order valence-corrected chi connectivity index (χ3v) is 1.12. The Bertz CT molecular complexity index is 143. The van der Waals surface area contributed by atoms with E-state index in [0.29, 0.717) is 6.54 Å². The Hall–Kier alpha value is -1.01. The van der Waals surface area contributed by atoms with E-state index in [2.05, 4.69) is 5.32 Å². The van der Waals surface area contributed by atoms with Gasteiger partial charge in [0.1, 0.15) is 0 Å². The molecular weight excluding hydrogens is 126 g/mol. The zero-order chi connectivity index (χ0) is 7.82. The molecule has 0 bridgehead atoms. The molecule has 0 aliphatic carbocycles. The molecule has 0 amide bonds. The summed E-state index contributed by atoms with van der Waals surface area (Å²) >= 11 is 0. The van der Waals surface area contributed by atoms with E-state index in [1.807, 2.05) is 13.0 Å². The maximum atomic E-state index is 8.27. The maximum absolute atomic E-state index is 8.27. The maximum Gasteiger partial charge on any atom is 0.0930 e. The van der Waals surface area contributed by atoms with Crippen molar-refractivity contribution in [1.82, 2.24) is 5.32 Å². The first kappa shape index (κ1) is 8.99. The largest absolute Gasteiger partial charge is 0.387 e. The van der Waals surface area contributed by atoms with Gasteiger partial charge in [-0.15, -0.1) is 0 Å². The third-order valence-electron chi connectivity index (χ3n) is 1.12. The summed E-state index contributed by atoms with van der Waals surface area (Å²) in [7, 11) is 0. The van der Waals surface area contributed by atoms with Gasteiger partial charge in [0.2, 0.25) is 0 Å². The van der Waals surface area contributed by atoms with Crippen LogP contribution >= 0.6 is 0 Å². The predicted molar refractivity (Wildman–Crippen MR) is 41.0 cm³/mol. The normalized spacial score (nSPS) is 10.7. The van der Waals surface area contributed by atoms with Crippen molar-refractivity contribution < 1.29 is 0 Å². The Morgan fingerprint density at radius 2 is 2.50 bits per heavy atom. The first-order chi connectivity index (χ1) is 4.85. The average Bonchev–Trinajstić information content (AvgIpc) is 1.98. The van der Waals surface area contributed by atoms with Gasteiger partial charge in [0.25, 0.3) is 0 Å². The van der Waals surface area contributed by atoms with Crippen molar-refractivity contribution in [3.8, 4) is 6.07 Å². The van der Waals surface area contributed by atoms with Gasteiger partial charge in [0.05, 0.1) is 6.07 Å². The Balaban J connectivity index is 3.63. The molecule has 56 valence electrons. The molecule has 10 heavy (non-hydrogen) atoms. The van der Waals surface area contributed by atoms with Crippen LogP contribution in [0.5, 0.6) is 0 Å². The Kier molecular flexibility index (Phi) is 5.50. The first-order valence-corrected chi connectivity index (χ1v) is 3.37. The van der Waals surface area contributed by atoms with Crippen LogP contribution in [0.4, 0.5) is 0 Å². The minimum absolute atomic E-state index is 0.600. The number of hydrogen-bond acceptors (Lipinski definition) is 3. The van der Waals surface area contributed by atoms with E-state index in [4.69, 9.17) is 11.0 Å². The van der Waals surface area contributed by atoms with E-state index in [1.165, 1.54) is 6.08 Å². The topological polar surface area (TPSA) is 61.8 Å². The lowest BCUT2D eigenvalue weighted by Crippen LogP contribution is -2.21. The number of nitriles is 1. The summed E-state index contributed by atoms with van der Waals surface area (Å²) in [6.45, 7) is 3.33. The fourth-order valence-corrected chi connectivity index (χ4v) is 0.589. The van der Waals surface area contributed by atoms with Crippen LogP contribution in [0.15, 0.2) is 11.8 Å². The molecule has 0 spiro atoms. The van der Waals surface area contributed by atoms with Crippen molar-refractivity contribution in [2.45, 2.75) is 13.3 Å². The van der Waals surface area contributed by atoms with Crippen molar-refractivity contribution in [1.29, 1.82) is 5.26 Å². The van der Waals surface area contributed by atoms with Crippen LogP contribution in [-0.2, 0) is 0 Å². The van der Waals surface area contributed by atoms with Crippen LogP contribution in [-0.4, -0.2) is 13.1 Å². The van der Waals surface area contributed by atoms with E-state index in [0.717, 1.165) is 18.7 Å². The molecule has 3 N–H and O–H groups in total. The fraction of sp³-hybridized carbons (Fsp3) is 0.571. The molecule has 0 unspecified atom stereocenters. The highest BCUT2D eigenvalue weighted by molar-refractivity contribution is 5.11. The summed E-state index contributed by atoms with van der Waals surface area (Å²) in [6.07, 6.45) is 2.36. The summed E-state index contributed by atoms with van der Waals surface area (Å²) in [5.41, 5.74) is 6.21. The summed E-state index contributed by atoms with van der Waals surface area (Å²) in [6, 6.07) is 1.96. The van der Waals surface area contributed by atoms with Crippen LogP contribution < -0.4 is 11.1 Å². The molecule has 0 rings (SSSR count). The van der Waals surface area contributed by atoms with Gasteiger partial charge in [-0.25, -0.2) is 0 Å². The second kappa shape index (κ2) is 6.12. The lowest BCUT2D eigenvalue weighted by atomic mass is 10.3. The average molecular weight is 139 g/mol. The van der Waals surface area contributed by atoms with Gasteiger partial charge in [0.15, 0.2) is 0 Å². The zero-order valence-electron chi connectivity index (χ0n) is 6.22. The quantitative estimate of drug-likeness (QED) is 0.552. The van der Waals surface area contributed by atoms with E-state index in [1.54, 1.807) is 0 Å². The lowest BCUT2D eigenvalue weighted by molar-refractivity contribution is 0.766. The molecule has 0 aliphatic heterocycles. The van der Waals surface area contributed by atoms with E-state index >= 15 is 0 Å². The lowest BCUT2D eigenvalue weighted by Gasteiger charge is -2.04. The Morgan fingerprint density at radius 3 is 2.90 bits per heavy atom. The fourth-order valence-electron chi connectivity index (χ4n) is 0.589. The number of nitrogens with two attached hydrogens (primary N) is 1. The summed E-state index contributed by atoms with van der Waals surface area (Å²) in [5, 5.41) is 11.3. The van der Waals surface area contributed by atoms with Crippen molar-refractivity contribution in [2.75, 3.05) is 13.1 Å². The standard InChI is InChI=1S/C7H13N3/c1-2-7(3-4-8)10-6-5-9/h3,10H,2,5-6,9H2,1H3/b7-3+. The predicted octanol–water partition coefficient (Wildman–Crippen LogP) is 0.352. The zero-order valence-corrected chi connectivity index (χ0v) is 6.22. The molecule has 0 fully saturated rings. The second-order valence-corrected chi connectivity index (χ2v) is 1.87. The number of rotatable bonds is 4. The van der Waals surface area contributed by atoms with E-state index in [9.17, 15) is 0 Å². The molecule has 0 atom stereocenters. The second-order valence-electron chi connectivity index (χ2n) is 1.87. The highest BCUT2D eigenvalue weighted by Crippen LogP contribution is 1.92. The monoisotopic (exact) mass is 139 g/mol. The van der Waals surface area contributed by atoms with Crippen molar-refractivity contribution >= 4 is 0 Å². The minimum atomic E-state index is 0.600. The molecule has 0 aromatic rings. The van der Waals surface area contributed by atoms with Crippen molar-refractivity contribution in [3.05, 3.63) is 11.8 Å². The van der Waals surface area contributed by atoms with Crippen molar-refractivity contribution in [2.24, 2.45) is 5.73 Å². The smallest absolute Gasteiger partial charge is 0.0930 e. The van der Waals surface area contributed by atoms with Crippen LogP contribution in [0.3, 0.4) is 0 Å². The minimum Gasteiger partial charge on any atom is -0.387 e. The Morgan fingerprint density at radius 1 is 1.80 bits per heavy atom. The molecule has 0 saturated heterocycles. The summed E-state index contributed by atoms with van der Waals surface area (Å²) in [4.78, 5) is 0. The van der Waals surface area contributed by atoms with E-state index in [-0.39, 0.29) is 0 Å². The first-order valence-electron chi connectivity index (χ1n) is 3.37. The Labute approximate surface area is 61.5 Å². The summed E-state index contributed by atoms with van der Waals surface area (Å²) < 4.78 is 0. The molecule has 3 heteroatoms. The molecular formula is C7H13N3. The molecule has 0 aromatic carbocycles. The van der Waals surface area contributed by atoms with Gasteiger partial charge in [-0.05, 0) is 6.42 Å². The molecule has 0 radical (unpaired) electrons. The number of nitrogens with one attached hydrogen (secondary N) is 1. The van der Waals surface area contributed by atoms with Crippen LogP contribution in [0, 0.1) is 11.3 Å². The third kappa shape index (κ3) is 3.93. The SMILES string of the molecule is CC/C(=C\C#N)NCCN. The van der Waals surface area contributed by atoms with Gasteiger partial charge in [-0.3, -0.25) is 0 Å². The van der Waals surface area contributed by atoms with Crippen LogP contribution in [0.25, 0.3) is 0 Å². The van der Waals surface area contributed by atoms with Gasteiger partial charge >= 0.3 is 0 Å². The number of nitrogens with zero attached hydrogens (tertiary/aromatic N) is 1. The van der Waals surface area contributed by atoms with Crippen LogP contribution in [0.1, 0.15) is 13.3 Å². The van der Waals surface area contributed by atoms with Gasteiger partial charge in [-0.2, -0.15) is 5.26 Å². The number of allylic oxidation sites excluding steroid dienone is 2. The highest BCUT2D eigenvalue weighted by atomic mass is 14.9. The molecule has 0 saturated carbocycles. The molecule has 0 aromatic heterocycles. The molecule has 3 nitrogen and oxygen atoms in total.